The summed E-state index contributed by atoms with van der Waals surface area (Å²) in [5.41, 5.74) is 1.34. The van der Waals surface area contributed by atoms with E-state index in [2.05, 4.69) is 23.7 Å². The Morgan fingerprint density at radius 3 is 2.62 bits per heavy atom. The second kappa shape index (κ2) is 6.03. The van der Waals surface area contributed by atoms with Crippen molar-refractivity contribution in [3.8, 4) is 0 Å². The average molecular weight is 182 g/mol. The molecule has 0 aromatic heterocycles. The predicted octanol–water partition coefficient (Wildman–Crippen LogP) is 1.99. The number of hydrogen-bond acceptors (Lipinski definition) is 2. The molecule has 0 radical (unpaired) electrons. The van der Waals surface area contributed by atoms with Crippen LogP contribution in [0.4, 0.5) is 0 Å². The fourth-order valence-electron chi connectivity index (χ4n) is 1.72. The fourth-order valence-corrected chi connectivity index (χ4v) is 1.72. The zero-order valence-electron chi connectivity index (χ0n) is 8.81. The van der Waals surface area contributed by atoms with Crippen LogP contribution in [0.5, 0.6) is 0 Å². The van der Waals surface area contributed by atoms with Gasteiger partial charge in [-0.3, -0.25) is 0 Å². The van der Waals surface area contributed by atoms with Crippen molar-refractivity contribution in [1.82, 2.24) is 10.2 Å². The van der Waals surface area contributed by atoms with E-state index in [1.54, 1.807) is 0 Å². The summed E-state index contributed by atoms with van der Waals surface area (Å²) in [4.78, 5) is 2.42. The number of rotatable bonds is 5. The van der Waals surface area contributed by atoms with Crippen LogP contribution in [-0.2, 0) is 0 Å². The molecule has 1 N–H and O–H groups in total. The summed E-state index contributed by atoms with van der Waals surface area (Å²) in [6.45, 7) is 10.9. The Balaban J connectivity index is 2.13. The summed E-state index contributed by atoms with van der Waals surface area (Å²) in [5, 5.41) is 3.35. The molecule has 0 bridgehead atoms. The van der Waals surface area contributed by atoms with Gasteiger partial charge in [0, 0.05) is 31.9 Å². The van der Waals surface area contributed by atoms with E-state index in [-0.39, 0.29) is 0 Å². The van der Waals surface area contributed by atoms with Crippen molar-refractivity contribution in [2.75, 3.05) is 26.2 Å². The lowest BCUT2D eigenvalue weighted by Crippen LogP contribution is -2.42. The van der Waals surface area contributed by atoms with Crippen molar-refractivity contribution >= 4 is 0 Å². The molecular weight excluding hydrogens is 160 g/mol. The van der Waals surface area contributed by atoms with E-state index in [0.717, 1.165) is 26.2 Å². The molecule has 76 valence electrons. The molecule has 0 saturated carbocycles. The van der Waals surface area contributed by atoms with Gasteiger partial charge in [-0.2, -0.15) is 0 Å². The molecule has 0 aliphatic carbocycles. The maximum atomic E-state index is 4.15. The van der Waals surface area contributed by atoms with E-state index in [0.29, 0.717) is 0 Å². The second-order valence-corrected chi connectivity index (χ2v) is 3.76. The maximum Gasteiger partial charge on any atom is 0.0300 e. The highest BCUT2D eigenvalue weighted by Crippen LogP contribution is 2.12. The van der Waals surface area contributed by atoms with Crippen LogP contribution in [-0.4, -0.2) is 31.1 Å². The third kappa shape index (κ3) is 3.81. The van der Waals surface area contributed by atoms with Crippen LogP contribution in [0.1, 0.15) is 32.6 Å². The first-order valence-electron chi connectivity index (χ1n) is 5.48. The van der Waals surface area contributed by atoms with Gasteiger partial charge >= 0.3 is 0 Å². The van der Waals surface area contributed by atoms with E-state index in [1.165, 1.54) is 31.4 Å². The van der Waals surface area contributed by atoms with E-state index in [4.69, 9.17) is 0 Å². The summed E-state index contributed by atoms with van der Waals surface area (Å²) >= 11 is 0. The number of nitrogens with one attached hydrogen (secondary N) is 1. The molecule has 0 spiro atoms. The van der Waals surface area contributed by atoms with Gasteiger partial charge in [-0.15, -0.1) is 0 Å². The lowest BCUT2D eigenvalue weighted by atomic mass is 10.1. The number of allylic oxidation sites excluding steroid dienone is 1. The van der Waals surface area contributed by atoms with Gasteiger partial charge in [0.1, 0.15) is 0 Å². The lowest BCUT2D eigenvalue weighted by molar-refractivity contribution is 0.289. The van der Waals surface area contributed by atoms with Crippen molar-refractivity contribution < 1.29 is 0 Å². The summed E-state index contributed by atoms with van der Waals surface area (Å²) in [5.74, 6) is 0. The minimum absolute atomic E-state index is 1.12. The SMILES string of the molecule is C=C(CCCCC)N1CCNCC1. The number of hydrogen-bond donors (Lipinski definition) is 1. The summed E-state index contributed by atoms with van der Waals surface area (Å²) in [6.07, 6.45) is 5.13. The standard InChI is InChI=1S/C11H22N2/c1-3-4-5-6-11(2)13-9-7-12-8-10-13/h12H,2-10H2,1H3. The molecular formula is C11H22N2. The van der Waals surface area contributed by atoms with Crippen LogP contribution in [0.3, 0.4) is 0 Å². The van der Waals surface area contributed by atoms with E-state index < -0.39 is 0 Å². The average Bonchev–Trinajstić information content (AvgIpc) is 2.19. The van der Waals surface area contributed by atoms with Crippen LogP contribution in [0.15, 0.2) is 12.3 Å². The first-order valence-corrected chi connectivity index (χ1v) is 5.48. The van der Waals surface area contributed by atoms with Gasteiger partial charge < -0.3 is 10.2 Å². The van der Waals surface area contributed by atoms with E-state index in [1.807, 2.05) is 0 Å². The normalized spacial score (nSPS) is 17.5. The monoisotopic (exact) mass is 182 g/mol. The molecule has 0 unspecified atom stereocenters. The zero-order chi connectivity index (χ0) is 9.52. The summed E-state index contributed by atoms with van der Waals surface area (Å²) < 4.78 is 0. The molecule has 2 nitrogen and oxygen atoms in total. The Hall–Kier alpha value is -0.500. The van der Waals surface area contributed by atoms with E-state index in [9.17, 15) is 0 Å². The molecule has 1 heterocycles. The smallest absolute Gasteiger partial charge is 0.0300 e. The Kier molecular flexibility index (Phi) is 4.91. The van der Waals surface area contributed by atoms with Gasteiger partial charge in [0.2, 0.25) is 0 Å². The van der Waals surface area contributed by atoms with Crippen LogP contribution < -0.4 is 5.32 Å². The first-order chi connectivity index (χ1) is 6.34. The van der Waals surface area contributed by atoms with Gasteiger partial charge in [-0.05, 0) is 12.8 Å². The van der Waals surface area contributed by atoms with Crippen molar-refractivity contribution in [3.63, 3.8) is 0 Å². The molecule has 1 fully saturated rings. The first kappa shape index (κ1) is 10.6. The Morgan fingerprint density at radius 2 is 2.00 bits per heavy atom. The number of nitrogens with zero attached hydrogens (tertiary/aromatic N) is 1. The van der Waals surface area contributed by atoms with Gasteiger partial charge in [0.15, 0.2) is 0 Å². The number of unbranched alkanes of at least 4 members (excludes halogenated alkanes) is 2. The van der Waals surface area contributed by atoms with Gasteiger partial charge in [-0.25, -0.2) is 0 Å². The van der Waals surface area contributed by atoms with Gasteiger partial charge in [0.05, 0.1) is 0 Å². The molecule has 0 aromatic carbocycles. The van der Waals surface area contributed by atoms with Gasteiger partial charge in [-0.1, -0.05) is 26.3 Å². The zero-order valence-corrected chi connectivity index (χ0v) is 8.81. The van der Waals surface area contributed by atoms with Crippen molar-refractivity contribution in [2.24, 2.45) is 0 Å². The van der Waals surface area contributed by atoms with Crippen molar-refractivity contribution in [1.29, 1.82) is 0 Å². The minimum Gasteiger partial charge on any atom is -0.373 e. The quantitative estimate of drug-likeness (QED) is 0.654. The van der Waals surface area contributed by atoms with Crippen LogP contribution in [0.2, 0.25) is 0 Å². The van der Waals surface area contributed by atoms with Crippen LogP contribution in [0, 0.1) is 0 Å². The Morgan fingerprint density at radius 1 is 1.31 bits per heavy atom. The topological polar surface area (TPSA) is 15.3 Å². The van der Waals surface area contributed by atoms with Gasteiger partial charge in [0.25, 0.3) is 0 Å². The van der Waals surface area contributed by atoms with Crippen molar-refractivity contribution in [2.45, 2.75) is 32.6 Å². The molecule has 0 amide bonds. The van der Waals surface area contributed by atoms with Crippen molar-refractivity contribution in [3.05, 3.63) is 12.3 Å². The largest absolute Gasteiger partial charge is 0.373 e. The molecule has 1 aliphatic heterocycles. The Bertz CT molecular complexity index is 148. The second-order valence-electron chi connectivity index (χ2n) is 3.76. The molecule has 13 heavy (non-hydrogen) atoms. The molecule has 2 heteroatoms. The highest BCUT2D eigenvalue weighted by molar-refractivity contribution is 4.95. The molecule has 1 aliphatic rings. The highest BCUT2D eigenvalue weighted by atomic mass is 15.2. The Labute approximate surface area is 82.0 Å². The molecule has 0 aromatic rings. The molecule has 0 atom stereocenters. The van der Waals surface area contributed by atoms with Crippen LogP contribution >= 0.6 is 0 Å². The summed E-state index contributed by atoms with van der Waals surface area (Å²) in [6, 6.07) is 0. The van der Waals surface area contributed by atoms with Crippen LogP contribution in [0.25, 0.3) is 0 Å². The lowest BCUT2D eigenvalue weighted by Gasteiger charge is -2.31. The minimum atomic E-state index is 1.12. The predicted molar refractivity (Wildman–Crippen MR) is 57.7 cm³/mol. The fraction of sp³-hybridized carbons (Fsp3) is 0.818. The highest BCUT2D eigenvalue weighted by Gasteiger charge is 2.10. The third-order valence-electron chi connectivity index (χ3n) is 2.63. The molecule has 1 saturated heterocycles. The summed E-state index contributed by atoms with van der Waals surface area (Å²) in [7, 11) is 0. The van der Waals surface area contributed by atoms with E-state index >= 15 is 0 Å². The molecule has 1 rings (SSSR count). The third-order valence-corrected chi connectivity index (χ3v) is 2.63. The number of piperazine rings is 1. The maximum absolute atomic E-state index is 4.15.